The van der Waals surface area contributed by atoms with Crippen molar-refractivity contribution in [2.45, 2.75) is 88.8 Å². The van der Waals surface area contributed by atoms with Gasteiger partial charge in [0.05, 0.1) is 39.3 Å². The van der Waals surface area contributed by atoms with Crippen LogP contribution in [0.2, 0.25) is 0 Å². The van der Waals surface area contributed by atoms with Gasteiger partial charge in [-0.15, -0.1) is 0 Å². The number of hydrogen-bond donors (Lipinski definition) is 0. The first-order valence-electron chi connectivity index (χ1n) is 12.6. The fraction of sp³-hybridized carbons (Fsp3) is 0.679. The molecule has 0 amide bonds. The number of benzene rings is 1. The van der Waals surface area contributed by atoms with Crippen LogP contribution in [-0.4, -0.2) is 63.4 Å². The van der Waals surface area contributed by atoms with Crippen LogP contribution in [-0.2, 0) is 23.7 Å². The molecular formula is C28H40O7. The Morgan fingerprint density at radius 2 is 1.91 bits per heavy atom. The molecule has 1 saturated carbocycles. The van der Waals surface area contributed by atoms with E-state index in [0.717, 1.165) is 24.8 Å². The van der Waals surface area contributed by atoms with Crippen LogP contribution in [0.1, 0.15) is 64.9 Å². The third-order valence-electron chi connectivity index (χ3n) is 7.97. The summed E-state index contributed by atoms with van der Waals surface area (Å²) in [5.41, 5.74) is 1.70. The quantitative estimate of drug-likeness (QED) is 0.265. The van der Waals surface area contributed by atoms with E-state index in [2.05, 4.69) is 26.8 Å². The first-order chi connectivity index (χ1) is 16.7. The third-order valence-corrected chi connectivity index (χ3v) is 7.97. The number of epoxide rings is 2. The molecule has 0 aromatic heterocycles. The zero-order valence-corrected chi connectivity index (χ0v) is 22.1. The number of ether oxygens (including phenoxy) is 6. The van der Waals surface area contributed by atoms with Crippen LogP contribution < -0.4 is 9.47 Å². The van der Waals surface area contributed by atoms with Crippen molar-refractivity contribution in [3.05, 3.63) is 35.4 Å². The van der Waals surface area contributed by atoms with Crippen molar-refractivity contribution in [3.8, 4) is 11.5 Å². The normalized spacial score (nSPS) is 34.1. The maximum atomic E-state index is 13.0. The van der Waals surface area contributed by atoms with E-state index in [1.165, 1.54) is 5.57 Å². The molecule has 35 heavy (non-hydrogen) atoms. The lowest BCUT2D eigenvalue weighted by atomic mass is 9.68. The Morgan fingerprint density at radius 3 is 2.51 bits per heavy atom. The average Bonchev–Trinajstić information content (AvgIpc) is 3.75. The van der Waals surface area contributed by atoms with Crippen LogP contribution in [0.4, 0.5) is 0 Å². The van der Waals surface area contributed by atoms with Crippen LogP contribution in [0.5, 0.6) is 11.5 Å². The molecule has 7 nitrogen and oxygen atoms in total. The average molecular weight is 489 g/mol. The van der Waals surface area contributed by atoms with E-state index in [4.69, 9.17) is 28.4 Å². The molecule has 0 N–H and O–H groups in total. The van der Waals surface area contributed by atoms with Crippen LogP contribution >= 0.6 is 0 Å². The molecule has 7 heteroatoms. The molecule has 2 unspecified atom stereocenters. The summed E-state index contributed by atoms with van der Waals surface area (Å²) in [4.78, 5) is 13.0. The number of rotatable bonds is 10. The van der Waals surface area contributed by atoms with Crippen molar-refractivity contribution in [2.75, 3.05) is 27.9 Å². The third kappa shape index (κ3) is 5.23. The van der Waals surface area contributed by atoms with Gasteiger partial charge in [0.25, 0.3) is 0 Å². The van der Waals surface area contributed by atoms with Gasteiger partial charge in [-0.25, -0.2) is 0 Å². The highest BCUT2D eigenvalue weighted by Gasteiger charge is 2.72. The lowest BCUT2D eigenvalue weighted by Gasteiger charge is -2.42. The maximum absolute atomic E-state index is 13.0. The fourth-order valence-corrected chi connectivity index (χ4v) is 5.81. The van der Waals surface area contributed by atoms with Gasteiger partial charge in [0, 0.05) is 7.11 Å². The predicted octanol–water partition coefficient (Wildman–Crippen LogP) is 4.82. The van der Waals surface area contributed by atoms with Gasteiger partial charge in [0.2, 0.25) is 0 Å². The Bertz CT molecular complexity index is 949. The number of carbonyl (C=O) groups is 1. The van der Waals surface area contributed by atoms with Gasteiger partial charge in [-0.2, -0.15) is 0 Å². The highest BCUT2D eigenvalue weighted by molar-refractivity contribution is 5.71. The van der Waals surface area contributed by atoms with E-state index < -0.39 is 0 Å². The summed E-state index contributed by atoms with van der Waals surface area (Å²) >= 11 is 0. The SMILES string of the molecule is COc1ccc(C(C)CC(=O)O[C@@H]2CC[C@]3(CO3)C([C@]3(C)O[C@H]3CC=C(C)C)[C@@H]2OC)cc1OC. The summed E-state index contributed by atoms with van der Waals surface area (Å²) in [6, 6.07) is 5.73. The number of carbonyl (C=O) groups excluding carboxylic acids is 1. The van der Waals surface area contributed by atoms with Crippen molar-refractivity contribution < 1.29 is 33.2 Å². The van der Waals surface area contributed by atoms with E-state index in [9.17, 15) is 4.79 Å². The summed E-state index contributed by atoms with van der Waals surface area (Å²) in [6.45, 7) is 9.08. The standard InChI is InChI=1S/C28H40O7/c1-17(2)8-11-23-27(4,35-23)26-25(32-7)21(12-13-28(26)16-33-28)34-24(29)14-18(3)19-9-10-20(30-5)22(15-19)31-6/h8-10,15,18,21,23,25-26H,11-14,16H2,1-7H3/t18?,21-,23+,25-,26?,27-,28+/m1/s1. The predicted molar refractivity (Wildman–Crippen MR) is 132 cm³/mol. The molecule has 194 valence electrons. The molecule has 2 saturated heterocycles. The monoisotopic (exact) mass is 488 g/mol. The van der Waals surface area contributed by atoms with Crippen LogP contribution in [0.15, 0.2) is 29.8 Å². The Hall–Kier alpha value is -2.09. The summed E-state index contributed by atoms with van der Waals surface area (Å²) in [5, 5.41) is 0. The number of allylic oxidation sites excluding steroid dienone is 1. The van der Waals surface area contributed by atoms with Gasteiger partial charge in [-0.1, -0.05) is 24.6 Å². The van der Waals surface area contributed by atoms with E-state index in [-0.39, 0.29) is 53.7 Å². The fourth-order valence-electron chi connectivity index (χ4n) is 5.81. The van der Waals surface area contributed by atoms with E-state index in [1.807, 2.05) is 25.1 Å². The Balaban J connectivity index is 1.43. The summed E-state index contributed by atoms with van der Waals surface area (Å²) in [7, 11) is 4.91. The first-order valence-corrected chi connectivity index (χ1v) is 12.6. The lowest BCUT2D eigenvalue weighted by molar-refractivity contribution is -0.172. The molecule has 0 bridgehead atoms. The molecule has 7 atom stereocenters. The zero-order chi connectivity index (χ0) is 25.4. The Morgan fingerprint density at radius 1 is 1.20 bits per heavy atom. The second kappa shape index (κ2) is 10.1. The molecule has 1 aromatic rings. The van der Waals surface area contributed by atoms with Gasteiger partial charge in [-0.05, 0) is 63.6 Å². The molecule has 3 aliphatic rings. The van der Waals surface area contributed by atoms with Crippen molar-refractivity contribution in [1.29, 1.82) is 0 Å². The number of methoxy groups -OCH3 is 3. The molecule has 2 aliphatic heterocycles. The number of hydrogen-bond acceptors (Lipinski definition) is 7. The van der Waals surface area contributed by atoms with E-state index in [0.29, 0.717) is 18.1 Å². The maximum Gasteiger partial charge on any atom is 0.306 e. The van der Waals surface area contributed by atoms with Crippen LogP contribution in [0.3, 0.4) is 0 Å². The molecule has 0 radical (unpaired) electrons. The smallest absolute Gasteiger partial charge is 0.306 e. The first kappa shape index (κ1) is 26.0. The van der Waals surface area contributed by atoms with Gasteiger partial charge in [0.15, 0.2) is 11.5 Å². The second-order valence-electron chi connectivity index (χ2n) is 10.6. The van der Waals surface area contributed by atoms with Crippen molar-refractivity contribution in [2.24, 2.45) is 5.92 Å². The van der Waals surface area contributed by atoms with Crippen LogP contribution in [0, 0.1) is 5.92 Å². The zero-order valence-electron chi connectivity index (χ0n) is 22.1. The summed E-state index contributed by atoms with van der Waals surface area (Å²) in [5.74, 6) is 1.07. The van der Waals surface area contributed by atoms with E-state index in [1.54, 1.807) is 21.3 Å². The molecule has 4 rings (SSSR count). The lowest BCUT2D eigenvalue weighted by Crippen LogP contribution is -2.55. The van der Waals surface area contributed by atoms with Crippen LogP contribution in [0.25, 0.3) is 0 Å². The largest absolute Gasteiger partial charge is 0.493 e. The minimum atomic E-state index is -0.346. The molecule has 1 spiro atoms. The Labute approximate surface area is 209 Å². The van der Waals surface area contributed by atoms with E-state index >= 15 is 0 Å². The van der Waals surface area contributed by atoms with Gasteiger partial charge in [0.1, 0.15) is 23.4 Å². The minimum absolute atomic E-state index is 0.0189. The highest BCUT2D eigenvalue weighted by atomic mass is 16.6. The molecule has 2 heterocycles. The van der Waals surface area contributed by atoms with Crippen molar-refractivity contribution in [1.82, 2.24) is 0 Å². The summed E-state index contributed by atoms with van der Waals surface area (Å²) < 4.78 is 35.0. The van der Waals surface area contributed by atoms with Gasteiger partial charge < -0.3 is 28.4 Å². The van der Waals surface area contributed by atoms with Gasteiger partial charge >= 0.3 is 5.97 Å². The molecule has 3 fully saturated rings. The Kier molecular flexibility index (Phi) is 7.51. The van der Waals surface area contributed by atoms with Crippen molar-refractivity contribution in [3.63, 3.8) is 0 Å². The highest BCUT2D eigenvalue weighted by Crippen LogP contribution is 2.59. The number of esters is 1. The van der Waals surface area contributed by atoms with Gasteiger partial charge in [-0.3, -0.25) is 4.79 Å². The summed E-state index contributed by atoms with van der Waals surface area (Å²) in [6.07, 6.45) is 4.45. The second-order valence-corrected chi connectivity index (χ2v) is 10.6. The molecule has 1 aromatic carbocycles. The molecular weight excluding hydrogens is 448 g/mol. The minimum Gasteiger partial charge on any atom is -0.493 e. The molecule has 1 aliphatic carbocycles. The van der Waals surface area contributed by atoms with Crippen molar-refractivity contribution >= 4 is 5.97 Å². The topological polar surface area (TPSA) is 79.1 Å².